The highest BCUT2D eigenvalue weighted by Gasteiger charge is 2.25. The molecule has 1 aromatic rings. The van der Waals surface area contributed by atoms with Crippen LogP contribution in [0.5, 0.6) is 0 Å². The second-order valence-corrected chi connectivity index (χ2v) is 5.99. The van der Waals surface area contributed by atoms with E-state index >= 15 is 0 Å². The molecule has 20 heavy (non-hydrogen) atoms. The maximum atomic E-state index is 11.7. The average molecular weight is 300 g/mol. The van der Waals surface area contributed by atoms with E-state index in [1.54, 1.807) is 0 Å². The summed E-state index contributed by atoms with van der Waals surface area (Å²) >= 11 is 0. The Morgan fingerprint density at radius 1 is 1.35 bits per heavy atom. The van der Waals surface area contributed by atoms with Gasteiger partial charge < -0.3 is 11.5 Å². The lowest BCUT2D eigenvalue weighted by Gasteiger charge is -2.06. The fourth-order valence-corrected chi connectivity index (χ4v) is 2.55. The summed E-state index contributed by atoms with van der Waals surface area (Å²) in [4.78, 5) is 24.8. The van der Waals surface area contributed by atoms with E-state index in [1.165, 1.54) is 6.92 Å². The number of sulfone groups is 1. The number of rotatable bonds is 3. The van der Waals surface area contributed by atoms with Crippen molar-refractivity contribution in [2.45, 2.75) is 11.8 Å². The molecule has 0 aromatic heterocycles. The third-order valence-electron chi connectivity index (χ3n) is 2.35. The molecule has 0 spiro atoms. The molecule has 0 bridgehead atoms. The van der Waals surface area contributed by atoms with Crippen molar-refractivity contribution in [1.29, 1.82) is 0 Å². The fraction of sp³-hybridized carbons (Fsp3) is 0.200. The molecular weight excluding hydrogens is 288 g/mol. The Bertz CT molecular complexity index is 719. The van der Waals surface area contributed by atoms with Crippen LogP contribution in [0.25, 0.3) is 0 Å². The van der Waals surface area contributed by atoms with E-state index in [0.717, 1.165) is 18.4 Å². The zero-order valence-corrected chi connectivity index (χ0v) is 11.5. The van der Waals surface area contributed by atoms with Gasteiger partial charge in [-0.3, -0.25) is 14.9 Å². The van der Waals surface area contributed by atoms with Gasteiger partial charge in [0.05, 0.1) is 9.82 Å². The van der Waals surface area contributed by atoms with Crippen molar-refractivity contribution in [3.05, 3.63) is 33.4 Å². The highest BCUT2D eigenvalue weighted by molar-refractivity contribution is 7.90. The van der Waals surface area contributed by atoms with Crippen molar-refractivity contribution in [2.75, 3.05) is 6.26 Å². The Balaban J connectivity index is 3.67. The van der Waals surface area contributed by atoms with Gasteiger partial charge in [0.25, 0.3) is 11.6 Å². The Morgan fingerprint density at radius 2 is 1.90 bits per heavy atom. The van der Waals surface area contributed by atoms with Crippen molar-refractivity contribution in [3.63, 3.8) is 0 Å². The van der Waals surface area contributed by atoms with Gasteiger partial charge in [0.2, 0.25) is 0 Å². The number of aliphatic imine (C=N–C) groups is 1. The predicted octanol–water partition coefficient (Wildman–Crippen LogP) is -0.280. The molecule has 0 aliphatic heterocycles. The number of carbonyl (C=O) groups is 1. The number of nitrogens with zero attached hydrogens (tertiary/aromatic N) is 2. The van der Waals surface area contributed by atoms with Crippen LogP contribution in [0.15, 0.2) is 22.0 Å². The van der Waals surface area contributed by atoms with Crippen LogP contribution in [0.4, 0.5) is 5.69 Å². The predicted molar refractivity (Wildman–Crippen MR) is 71.1 cm³/mol. The van der Waals surface area contributed by atoms with Crippen LogP contribution in [0.1, 0.15) is 15.9 Å². The molecule has 1 amide bonds. The Morgan fingerprint density at radius 3 is 2.30 bits per heavy atom. The molecule has 0 radical (unpaired) electrons. The van der Waals surface area contributed by atoms with E-state index in [9.17, 15) is 23.3 Å². The number of nitro benzene ring substituents is 1. The molecule has 0 aliphatic carbocycles. The van der Waals surface area contributed by atoms with Gasteiger partial charge in [-0.05, 0) is 18.6 Å². The normalized spacial score (nSPS) is 10.9. The summed E-state index contributed by atoms with van der Waals surface area (Å²) in [5.41, 5.74) is 9.16. The number of carbonyl (C=O) groups excluding carboxylic acids is 1. The summed E-state index contributed by atoms with van der Waals surface area (Å²) in [7, 11) is -3.65. The maximum absolute atomic E-state index is 11.7. The average Bonchev–Trinajstić information content (AvgIpc) is 2.25. The highest BCUT2D eigenvalue weighted by Crippen LogP contribution is 2.27. The fourth-order valence-electron chi connectivity index (χ4n) is 1.57. The molecule has 1 rings (SSSR count). The molecule has 0 atom stereocenters. The number of hydrogen-bond donors (Lipinski definition) is 2. The smallest absolute Gasteiger partial charge is 0.287 e. The van der Waals surface area contributed by atoms with Crippen molar-refractivity contribution in [3.8, 4) is 0 Å². The largest absolute Gasteiger partial charge is 0.370 e. The molecule has 10 heteroatoms. The minimum absolute atomic E-state index is 0.153. The molecule has 0 saturated heterocycles. The summed E-state index contributed by atoms with van der Waals surface area (Å²) in [5.74, 6) is -1.66. The first-order valence-corrected chi connectivity index (χ1v) is 7.06. The lowest BCUT2D eigenvalue weighted by Crippen LogP contribution is -2.24. The highest BCUT2D eigenvalue weighted by atomic mass is 32.2. The van der Waals surface area contributed by atoms with Crippen LogP contribution < -0.4 is 11.5 Å². The molecule has 0 heterocycles. The Hall–Kier alpha value is -2.49. The SMILES string of the molecule is Cc1cc([N+](=O)[O-])c(C(=O)N=C(N)N)cc1S(C)(=O)=O. The van der Waals surface area contributed by atoms with Crippen LogP contribution in [0, 0.1) is 17.0 Å². The second-order valence-electron chi connectivity index (χ2n) is 4.01. The van der Waals surface area contributed by atoms with Crippen molar-refractivity contribution in [1.82, 2.24) is 0 Å². The summed E-state index contributed by atoms with van der Waals surface area (Å²) in [6, 6.07) is 1.89. The van der Waals surface area contributed by atoms with Crippen LogP contribution in [-0.2, 0) is 9.84 Å². The van der Waals surface area contributed by atoms with E-state index in [4.69, 9.17) is 11.5 Å². The molecule has 4 N–H and O–H groups in total. The number of guanidine groups is 1. The van der Waals surface area contributed by atoms with E-state index in [2.05, 4.69) is 4.99 Å². The minimum Gasteiger partial charge on any atom is -0.370 e. The Labute approximate surface area is 114 Å². The van der Waals surface area contributed by atoms with Gasteiger partial charge in [-0.15, -0.1) is 0 Å². The first kappa shape index (κ1) is 15.6. The van der Waals surface area contributed by atoms with Gasteiger partial charge in [-0.25, -0.2) is 8.42 Å². The van der Waals surface area contributed by atoms with E-state index in [-0.39, 0.29) is 10.5 Å². The van der Waals surface area contributed by atoms with E-state index < -0.39 is 37.9 Å². The van der Waals surface area contributed by atoms with Crippen molar-refractivity contribution >= 4 is 27.4 Å². The summed E-state index contributed by atoms with van der Waals surface area (Å²) in [6.07, 6.45) is 0.927. The van der Waals surface area contributed by atoms with Gasteiger partial charge in [0.15, 0.2) is 15.8 Å². The summed E-state index contributed by atoms with van der Waals surface area (Å²) in [5, 5.41) is 10.9. The maximum Gasteiger partial charge on any atom is 0.287 e. The molecule has 0 saturated carbocycles. The first-order chi connectivity index (χ1) is 9.04. The van der Waals surface area contributed by atoms with Gasteiger partial charge in [-0.1, -0.05) is 0 Å². The molecule has 0 fully saturated rings. The molecule has 0 aliphatic rings. The third kappa shape index (κ3) is 3.29. The topological polar surface area (TPSA) is 159 Å². The van der Waals surface area contributed by atoms with Crippen LogP contribution in [0.3, 0.4) is 0 Å². The summed E-state index contributed by atoms with van der Waals surface area (Å²) in [6.45, 7) is 1.39. The number of aryl methyl sites for hydroxylation is 1. The number of nitrogens with two attached hydrogens (primary N) is 2. The number of nitro groups is 1. The second kappa shape index (κ2) is 5.25. The molecule has 9 nitrogen and oxygen atoms in total. The van der Waals surface area contributed by atoms with Crippen LogP contribution >= 0.6 is 0 Å². The van der Waals surface area contributed by atoms with Crippen molar-refractivity contribution < 1.29 is 18.1 Å². The van der Waals surface area contributed by atoms with Gasteiger partial charge in [0, 0.05) is 12.3 Å². The molecule has 0 unspecified atom stereocenters. The zero-order chi connectivity index (χ0) is 15.7. The number of amides is 1. The molecular formula is C10H12N4O5S. The van der Waals surface area contributed by atoms with Crippen LogP contribution in [-0.4, -0.2) is 31.5 Å². The minimum atomic E-state index is -3.65. The van der Waals surface area contributed by atoms with Gasteiger partial charge in [-0.2, -0.15) is 4.99 Å². The van der Waals surface area contributed by atoms with E-state index in [0.29, 0.717) is 0 Å². The van der Waals surface area contributed by atoms with Crippen LogP contribution in [0.2, 0.25) is 0 Å². The van der Waals surface area contributed by atoms with Crippen molar-refractivity contribution in [2.24, 2.45) is 16.5 Å². The quantitative estimate of drug-likeness (QED) is 0.336. The Kier molecular flexibility index (Phi) is 4.08. The van der Waals surface area contributed by atoms with Gasteiger partial charge >= 0.3 is 0 Å². The van der Waals surface area contributed by atoms with Gasteiger partial charge in [0.1, 0.15) is 5.56 Å². The monoisotopic (exact) mass is 300 g/mol. The molecule has 108 valence electrons. The number of hydrogen-bond acceptors (Lipinski definition) is 5. The third-order valence-corrected chi connectivity index (χ3v) is 3.59. The van der Waals surface area contributed by atoms with E-state index in [1.807, 2.05) is 0 Å². The lowest BCUT2D eigenvalue weighted by molar-refractivity contribution is -0.385. The molecule has 1 aromatic carbocycles. The number of benzene rings is 1. The zero-order valence-electron chi connectivity index (χ0n) is 10.7. The first-order valence-electron chi connectivity index (χ1n) is 5.17. The lowest BCUT2D eigenvalue weighted by atomic mass is 10.1. The standard InChI is InChI=1S/C10H12N4O5S/c1-5-3-7(14(16)17)6(9(15)13-10(11)12)4-8(5)20(2,18)19/h3-4H,1-2H3,(H4,11,12,13,15). The summed E-state index contributed by atoms with van der Waals surface area (Å²) < 4.78 is 23.1.